The van der Waals surface area contributed by atoms with Crippen LogP contribution in [0.25, 0.3) is 0 Å². The molecule has 4 nitrogen and oxygen atoms in total. The molecule has 0 radical (unpaired) electrons. The van der Waals surface area contributed by atoms with Crippen LogP contribution in [0.2, 0.25) is 5.02 Å². The van der Waals surface area contributed by atoms with E-state index in [2.05, 4.69) is 5.92 Å². The van der Waals surface area contributed by atoms with Crippen molar-refractivity contribution in [3.8, 4) is 12.3 Å². The van der Waals surface area contributed by atoms with Gasteiger partial charge in [-0.1, -0.05) is 11.6 Å². The van der Waals surface area contributed by atoms with Gasteiger partial charge < -0.3 is 5.11 Å². The lowest BCUT2D eigenvalue weighted by atomic mass is 10.2. The smallest absolute Gasteiger partial charge is 0.337 e. The number of carboxylic acids is 1. The molecule has 0 bridgehead atoms. The molecule has 7 heteroatoms. The first-order valence-electron chi connectivity index (χ1n) is 5.18. The minimum atomic E-state index is -3.79. The Morgan fingerprint density at radius 2 is 2.11 bits per heavy atom. The molecule has 1 N–H and O–H groups in total. The summed E-state index contributed by atoms with van der Waals surface area (Å²) in [5, 5.41) is 8.21. The number of unbranched alkanes of at least 4 members (excludes halogenated alkanes) is 1. The number of hydrogen-bond acceptors (Lipinski definition) is 3. The Bertz CT molecular complexity index is 646. The summed E-state index contributed by atoms with van der Waals surface area (Å²) in [6.45, 7) is 0. The number of halogens is 2. The second kappa shape index (κ2) is 6.04. The van der Waals surface area contributed by atoms with Crippen LogP contribution in [0.15, 0.2) is 17.0 Å². The van der Waals surface area contributed by atoms with Gasteiger partial charge in [0.05, 0.1) is 21.2 Å². The van der Waals surface area contributed by atoms with Gasteiger partial charge in [0.25, 0.3) is 0 Å². The summed E-state index contributed by atoms with van der Waals surface area (Å²) in [6, 6.07) is 1.55. The first kappa shape index (κ1) is 15.5. The van der Waals surface area contributed by atoms with Crippen LogP contribution in [0.3, 0.4) is 0 Å². The van der Waals surface area contributed by atoms with Crippen molar-refractivity contribution in [1.29, 1.82) is 0 Å². The number of aromatic carboxylic acids is 1. The fraction of sp³-hybridized carbons (Fsp3) is 0.250. The van der Waals surface area contributed by atoms with E-state index in [1.54, 1.807) is 0 Å². The number of hydrogen-bond donors (Lipinski definition) is 1. The van der Waals surface area contributed by atoms with Crippen LogP contribution in [-0.4, -0.2) is 25.2 Å². The van der Waals surface area contributed by atoms with Crippen molar-refractivity contribution < 1.29 is 22.7 Å². The average molecular weight is 305 g/mol. The molecule has 1 aromatic rings. The summed E-state index contributed by atoms with van der Waals surface area (Å²) in [7, 11) is -3.79. The highest BCUT2D eigenvalue weighted by molar-refractivity contribution is 7.91. The second-order valence-corrected chi connectivity index (χ2v) is 6.19. The number of benzene rings is 1. The van der Waals surface area contributed by atoms with Crippen LogP contribution in [0.5, 0.6) is 0 Å². The van der Waals surface area contributed by atoms with Crippen LogP contribution in [0.4, 0.5) is 4.39 Å². The van der Waals surface area contributed by atoms with Crippen LogP contribution in [-0.2, 0) is 9.84 Å². The van der Waals surface area contributed by atoms with Gasteiger partial charge in [-0.25, -0.2) is 17.6 Å². The Kier molecular flexibility index (Phi) is 4.92. The lowest BCUT2D eigenvalue weighted by molar-refractivity contribution is 0.0696. The van der Waals surface area contributed by atoms with Crippen molar-refractivity contribution in [3.63, 3.8) is 0 Å². The molecule has 0 spiro atoms. The first-order valence-corrected chi connectivity index (χ1v) is 7.21. The summed E-state index contributed by atoms with van der Waals surface area (Å²) in [4.78, 5) is 10.4. The van der Waals surface area contributed by atoms with Gasteiger partial charge in [-0.3, -0.25) is 0 Å². The van der Waals surface area contributed by atoms with Gasteiger partial charge in [-0.15, -0.1) is 12.3 Å². The number of rotatable bonds is 5. The Balaban J connectivity index is 3.22. The summed E-state index contributed by atoms with van der Waals surface area (Å²) < 4.78 is 37.2. The third-order valence-corrected chi connectivity index (χ3v) is 4.49. The van der Waals surface area contributed by atoms with E-state index in [-0.39, 0.29) is 18.6 Å². The molecule has 0 heterocycles. The van der Waals surface area contributed by atoms with Crippen molar-refractivity contribution in [2.75, 3.05) is 5.75 Å². The van der Waals surface area contributed by atoms with Crippen molar-refractivity contribution in [2.45, 2.75) is 17.7 Å². The summed E-state index contributed by atoms with van der Waals surface area (Å²) in [6.07, 6.45) is 5.48. The van der Waals surface area contributed by atoms with Gasteiger partial charge in [-0.2, -0.15) is 0 Å². The molecule has 1 rings (SSSR count). The van der Waals surface area contributed by atoms with E-state index in [0.717, 1.165) is 6.07 Å². The van der Waals surface area contributed by atoms with E-state index >= 15 is 0 Å². The van der Waals surface area contributed by atoms with Crippen LogP contribution in [0.1, 0.15) is 23.2 Å². The third-order valence-electron chi connectivity index (χ3n) is 2.33. The molecule has 0 unspecified atom stereocenters. The van der Waals surface area contributed by atoms with Crippen LogP contribution < -0.4 is 0 Å². The summed E-state index contributed by atoms with van der Waals surface area (Å²) >= 11 is 5.46. The van der Waals surface area contributed by atoms with Crippen molar-refractivity contribution in [2.24, 2.45) is 0 Å². The fourth-order valence-electron chi connectivity index (χ4n) is 1.38. The van der Waals surface area contributed by atoms with E-state index in [1.165, 1.54) is 0 Å². The maximum atomic E-state index is 13.4. The van der Waals surface area contributed by atoms with Gasteiger partial charge in [0, 0.05) is 6.42 Å². The normalized spacial score (nSPS) is 11.0. The van der Waals surface area contributed by atoms with E-state index in [0.29, 0.717) is 6.07 Å². The fourth-order valence-corrected chi connectivity index (χ4v) is 2.91. The summed E-state index contributed by atoms with van der Waals surface area (Å²) in [5.74, 6) is -0.574. The molecular weight excluding hydrogens is 295 g/mol. The largest absolute Gasteiger partial charge is 0.478 e. The molecule has 0 aromatic heterocycles. The molecule has 0 aliphatic heterocycles. The average Bonchev–Trinajstić information content (AvgIpc) is 2.32. The number of sulfone groups is 1. The molecule has 0 saturated carbocycles. The molecule has 0 saturated heterocycles. The Labute approximate surface area is 115 Å². The highest BCUT2D eigenvalue weighted by Gasteiger charge is 2.21. The second-order valence-electron chi connectivity index (χ2n) is 3.70. The van der Waals surface area contributed by atoms with E-state index in [4.69, 9.17) is 23.1 Å². The van der Waals surface area contributed by atoms with Crippen LogP contribution >= 0.6 is 11.6 Å². The molecule has 102 valence electrons. The Hall–Kier alpha value is -1.58. The van der Waals surface area contributed by atoms with Gasteiger partial charge in [-0.05, 0) is 18.6 Å². The van der Waals surface area contributed by atoms with Crippen molar-refractivity contribution in [3.05, 3.63) is 28.5 Å². The highest BCUT2D eigenvalue weighted by atomic mass is 35.5. The lowest BCUT2D eigenvalue weighted by Gasteiger charge is -2.07. The standard InChI is InChI=1S/C12H10ClFO4S/c1-2-3-4-5-19(17,18)8-6-9(12(15)16)11(13)10(14)7-8/h1,6-7H,3-5H2,(H,15,16). The maximum absolute atomic E-state index is 13.4. The van der Waals surface area contributed by atoms with Crippen molar-refractivity contribution >= 4 is 27.4 Å². The molecule has 0 aliphatic carbocycles. The minimum Gasteiger partial charge on any atom is -0.478 e. The molecule has 1 aromatic carbocycles. The van der Waals surface area contributed by atoms with Gasteiger partial charge in [0.15, 0.2) is 9.84 Å². The third kappa shape index (κ3) is 3.69. The number of carbonyl (C=O) groups is 1. The molecular formula is C12H10ClFO4S. The molecule has 0 fully saturated rings. The lowest BCUT2D eigenvalue weighted by Crippen LogP contribution is -2.10. The quantitative estimate of drug-likeness (QED) is 0.669. The highest BCUT2D eigenvalue weighted by Crippen LogP contribution is 2.25. The molecule has 0 amide bonds. The summed E-state index contributed by atoms with van der Waals surface area (Å²) in [5.41, 5.74) is -0.586. The van der Waals surface area contributed by atoms with Gasteiger partial charge in [0.1, 0.15) is 5.82 Å². The van der Waals surface area contributed by atoms with E-state index in [9.17, 15) is 17.6 Å². The minimum absolute atomic E-state index is 0.214. The molecule has 0 atom stereocenters. The predicted molar refractivity (Wildman–Crippen MR) is 68.5 cm³/mol. The zero-order valence-electron chi connectivity index (χ0n) is 9.69. The monoisotopic (exact) mass is 304 g/mol. The molecule has 0 aliphatic rings. The zero-order chi connectivity index (χ0) is 14.6. The van der Waals surface area contributed by atoms with Gasteiger partial charge in [0.2, 0.25) is 0 Å². The Morgan fingerprint density at radius 1 is 1.47 bits per heavy atom. The Morgan fingerprint density at radius 3 is 2.63 bits per heavy atom. The first-order chi connectivity index (χ1) is 8.79. The predicted octanol–water partition coefficient (Wildman–Crippen LogP) is 2.36. The number of terminal acetylenes is 1. The van der Waals surface area contributed by atoms with Crippen molar-refractivity contribution in [1.82, 2.24) is 0 Å². The number of carboxylic acid groups (broad SMARTS) is 1. The SMILES string of the molecule is C#CCCCS(=O)(=O)c1cc(F)c(Cl)c(C(=O)O)c1. The topological polar surface area (TPSA) is 71.4 Å². The van der Waals surface area contributed by atoms with E-state index in [1.807, 2.05) is 0 Å². The molecule has 19 heavy (non-hydrogen) atoms. The van der Waals surface area contributed by atoms with Gasteiger partial charge >= 0.3 is 5.97 Å². The zero-order valence-corrected chi connectivity index (χ0v) is 11.3. The van der Waals surface area contributed by atoms with E-state index < -0.39 is 37.1 Å². The maximum Gasteiger partial charge on any atom is 0.337 e. The van der Waals surface area contributed by atoms with Crippen LogP contribution in [0, 0.1) is 18.2 Å².